The third-order valence-corrected chi connectivity index (χ3v) is 4.27. The molecule has 0 saturated carbocycles. The molecule has 0 aromatic carbocycles. The van der Waals surface area contributed by atoms with E-state index in [0.717, 1.165) is 5.75 Å². The number of ether oxygens (including phenoxy) is 1. The van der Waals surface area contributed by atoms with Crippen LogP contribution in [-0.4, -0.2) is 49.1 Å². The summed E-state index contributed by atoms with van der Waals surface area (Å²) in [5.74, 6) is 0.602. The number of fused-ring (bicyclic) bond motifs is 1. The molecule has 2 N–H and O–H groups in total. The van der Waals surface area contributed by atoms with E-state index in [-0.39, 0.29) is 23.8 Å². The van der Waals surface area contributed by atoms with Crippen LogP contribution in [0.15, 0.2) is 0 Å². The Morgan fingerprint density at radius 1 is 1.65 bits per heavy atom. The summed E-state index contributed by atoms with van der Waals surface area (Å²) in [6, 6.07) is 0.0726. The highest BCUT2D eigenvalue weighted by molar-refractivity contribution is 7.98. The molecule has 0 aromatic heterocycles. The maximum absolute atomic E-state index is 12.0. The topological polar surface area (TPSA) is 67.4 Å². The lowest BCUT2D eigenvalue weighted by Gasteiger charge is -2.27. The summed E-state index contributed by atoms with van der Waals surface area (Å²) in [6.07, 6.45) is 3.27. The monoisotopic (exact) mass is 258 g/mol. The fraction of sp³-hybridized carbons (Fsp3) is 0.818. The summed E-state index contributed by atoms with van der Waals surface area (Å²) in [5.41, 5.74) is -0.662. The normalized spacial score (nSPS) is 35.5. The Labute approximate surface area is 105 Å². The standard InChI is InChI=1S/C11H18N2O3S/c1-16-10(15)11(3-4-17-2)5-7-8(13-11)6-12-9(7)14/h7-8,13H,3-6H2,1-2H3,(H,12,14)/t7-,8-,11-/m0/s1. The minimum Gasteiger partial charge on any atom is -0.468 e. The quantitative estimate of drug-likeness (QED) is 0.681. The first kappa shape index (κ1) is 12.7. The van der Waals surface area contributed by atoms with Crippen molar-refractivity contribution in [2.75, 3.05) is 25.7 Å². The summed E-state index contributed by atoms with van der Waals surface area (Å²) < 4.78 is 4.89. The molecule has 2 saturated heterocycles. The lowest BCUT2D eigenvalue weighted by atomic mass is 9.89. The van der Waals surface area contributed by atoms with Gasteiger partial charge in [0.1, 0.15) is 5.54 Å². The van der Waals surface area contributed by atoms with Gasteiger partial charge in [-0.05, 0) is 24.9 Å². The SMILES string of the molecule is COC(=O)[C@]1(CCSC)C[C@@H]2C(=O)NC[C@@H]2N1. The molecule has 0 radical (unpaired) electrons. The number of carbonyl (C=O) groups is 2. The number of esters is 1. The van der Waals surface area contributed by atoms with Crippen LogP contribution in [0.4, 0.5) is 0 Å². The van der Waals surface area contributed by atoms with E-state index in [9.17, 15) is 9.59 Å². The summed E-state index contributed by atoms with van der Waals surface area (Å²) in [6.45, 7) is 0.613. The average molecular weight is 258 g/mol. The van der Waals surface area contributed by atoms with E-state index in [1.807, 2.05) is 6.26 Å². The predicted molar refractivity (Wildman–Crippen MR) is 65.8 cm³/mol. The van der Waals surface area contributed by atoms with Gasteiger partial charge in [0.05, 0.1) is 13.0 Å². The summed E-state index contributed by atoms with van der Waals surface area (Å²) in [5, 5.41) is 6.12. The van der Waals surface area contributed by atoms with Crippen molar-refractivity contribution in [3.8, 4) is 0 Å². The Bertz CT molecular complexity index is 337. The van der Waals surface area contributed by atoms with Crippen molar-refractivity contribution in [3.05, 3.63) is 0 Å². The van der Waals surface area contributed by atoms with Crippen molar-refractivity contribution in [3.63, 3.8) is 0 Å². The van der Waals surface area contributed by atoms with Gasteiger partial charge >= 0.3 is 5.97 Å². The highest BCUT2D eigenvalue weighted by atomic mass is 32.2. The number of nitrogens with one attached hydrogen (secondary N) is 2. The van der Waals surface area contributed by atoms with Crippen LogP contribution in [0.1, 0.15) is 12.8 Å². The Morgan fingerprint density at radius 3 is 3.00 bits per heavy atom. The fourth-order valence-electron chi connectivity index (χ4n) is 2.73. The van der Waals surface area contributed by atoms with E-state index < -0.39 is 5.54 Å². The molecule has 2 aliphatic heterocycles. The van der Waals surface area contributed by atoms with Crippen LogP contribution in [0.25, 0.3) is 0 Å². The molecule has 6 heteroatoms. The number of thioether (sulfide) groups is 1. The minimum absolute atomic E-state index is 0.0532. The van der Waals surface area contributed by atoms with Gasteiger partial charge in [-0.2, -0.15) is 11.8 Å². The van der Waals surface area contributed by atoms with Crippen LogP contribution in [0.2, 0.25) is 0 Å². The van der Waals surface area contributed by atoms with Gasteiger partial charge in [0.15, 0.2) is 0 Å². The zero-order valence-electron chi connectivity index (χ0n) is 10.1. The number of hydrogen-bond acceptors (Lipinski definition) is 5. The van der Waals surface area contributed by atoms with Crippen LogP contribution >= 0.6 is 11.8 Å². The fourth-order valence-corrected chi connectivity index (χ4v) is 3.29. The number of hydrogen-bond donors (Lipinski definition) is 2. The van der Waals surface area contributed by atoms with Crippen molar-refractivity contribution < 1.29 is 14.3 Å². The van der Waals surface area contributed by atoms with Crippen LogP contribution in [-0.2, 0) is 14.3 Å². The Balaban J connectivity index is 2.14. The number of rotatable bonds is 4. The zero-order valence-corrected chi connectivity index (χ0v) is 10.9. The smallest absolute Gasteiger partial charge is 0.326 e. The van der Waals surface area contributed by atoms with Gasteiger partial charge in [0.25, 0.3) is 0 Å². The molecule has 2 heterocycles. The van der Waals surface area contributed by atoms with Crippen molar-refractivity contribution >= 4 is 23.6 Å². The van der Waals surface area contributed by atoms with Crippen molar-refractivity contribution in [2.24, 2.45) is 5.92 Å². The average Bonchev–Trinajstić information content (AvgIpc) is 2.86. The maximum atomic E-state index is 12.0. The second kappa shape index (κ2) is 4.86. The zero-order chi connectivity index (χ0) is 12.5. The molecule has 0 unspecified atom stereocenters. The Morgan fingerprint density at radius 2 is 2.41 bits per heavy atom. The summed E-state index contributed by atoms with van der Waals surface area (Å²) in [7, 11) is 1.40. The molecule has 2 rings (SSSR count). The maximum Gasteiger partial charge on any atom is 0.326 e. The second-order valence-corrected chi connectivity index (χ2v) is 5.61. The van der Waals surface area contributed by atoms with E-state index in [0.29, 0.717) is 19.4 Å². The van der Waals surface area contributed by atoms with Gasteiger partial charge in [0.2, 0.25) is 5.91 Å². The summed E-state index contributed by atoms with van der Waals surface area (Å²) in [4.78, 5) is 23.6. The van der Waals surface area contributed by atoms with E-state index in [4.69, 9.17) is 4.74 Å². The van der Waals surface area contributed by atoms with E-state index in [1.54, 1.807) is 11.8 Å². The van der Waals surface area contributed by atoms with Gasteiger partial charge in [0, 0.05) is 12.6 Å². The van der Waals surface area contributed by atoms with Gasteiger partial charge in [-0.15, -0.1) is 0 Å². The molecule has 5 nitrogen and oxygen atoms in total. The van der Waals surface area contributed by atoms with Crippen molar-refractivity contribution in [1.82, 2.24) is 10.6 Å². The minimum atomic E-state index is -0.662. The Kier molecular flexibility index (Phi) is 3.63. The number of amides is 1. The molecule has 2 fully saturated rings. The molecule has 0 aromatic rings. The predicted octanol–water partition coefficient (Wildman–Crippen LogP) is -0.241. The molecule has 96 valence electrons. The number of methoxy groups -OCH3 is 1. The molecular weight excluding hydrogens is 240 g/mol. The van der Waals surface area contributed by atoms with Crippen LogP contribution < -0.4 is 10.6 Å². The van der Waals surface area contributed by atoms with Gasteiger partial charge in [-0.1, -0.05) is 0 Å². The Hall–Kier alpha value is -0.750. The van der Waals surface area contributed by atoms with E-state index in [1.165, 1.54) is 7.11 Å². The first-order chi connectivity index (χ1) is 8.13. The van der Waals surface area contributed by atoms with Crippen LogP contribution in [0.5, 0.6) is 0 Å². The molecular formula is C11H18N2O3S. The molecule has 2 aliphatic rings. The number of carbonyl (C=O) groups excluding carboxylic acids is 2. The molecule has 0 spiro atoms. The lowest BCUT2D eigenvalue weighted by molar-refractivity contribution is -0.148. The highest BCUT2D eigenvalue weighted by Gasteiger charge is 2.54. The molecule has 0 bridgehead atoms. The molecule has 17 heavy (non-hydrogen) atoms. The van der Waals surface area contributed by atoms with Crippen LogP contribution in [0, 0.1) is 5.92 Å². The molecule has 3 atom stereocenters. The third-order valence-electron chi connectivity index (χ3n) is 3.66. The lowest BCUT2D eigenvalue weighted by Crippen LogP contribution is -2.52. The van der Waals surface area contributed by atoms with Gasteiger partial charge in [-0.25, -0.2) is 0 Å². The molecule has 0 aliphatic carbocycles. The molecule has 1 amide bonds. The third kappa shape index (κ3) is 2.15. The van der Waals surface area contributed by atoms with Gasteiger partial charge < -0.3 is 10.1 Å². The van der Waals surface area contributed by atoms with Gasteiger partial charge in [-0.3, -0.25) is 14.9 Å². The van der Waals surface area contributed by atoms with Crippen LogP contribution in [0.3, 0.4) is 0 Å². The second-order valence-electron chi connectivity index (χ2n) is 4.62. The summed E-state index contributed by atoms with van der Waals surface area (Å²) >= 11 is 1.70. The first-order valence-electron chi connectivity index (χ1n) is 5.76. The van der Waals surface area contributed by atoms with E-state index >= 15 is 0 Å². The highest BCUT2D eigenvalue weighted by Crippen LogP contribution is 2.35. The first-order valence-corrected chi connectivity index (χ1v) is 7.15. The van der Waals surface area contributed by atoms with E-state index in [2.05, 4.69) is 10.6 Å². The van der Waals surface area contributed by atoms with Crippen molar-refractivity contribution in [1.29, 1.82) is 0 Å². The van der Waals surface area contributed by atoms with Crippen molar-refractivity contribution in [2.45, 2.75) is 24.4 Å². The largest absolute Gasteiger partial charge is 0.468 e.